The summed E-state index contributed by atoms with van der Waals surface area (Å²) in [5, 5.41) is 18.4. The molecule has 3 fully saturated rings. The fraction of sp³-hybridized carbons (Fsp3) is 0.655. The van der Waals surface area contributed by atoms with Gasteiger partial charge in [0.25, 0.3) is 5.91 Å². The van der Waals surface area contributed by atoms with E-state index in [1.807, 2.05) is 18.2 Å². The minimum atomic E-state index is -1.16. The Morgan fingerprint density at radius 3 is 2.69 bits per heavy atom. The highest BCUT2D eigenvalue weighted by atomic mass is 16.6. The van der Waals surface area contributed by atoms with Gasteiger partial charge in [-0.25, -0.2) is 0 Å². The molecule has 194 valence electrons. The van der Waals surface area contributed by atoms with Crippen molar-refractivity contribution >= 4 is 17.4 Å². The van der Waals surface area contributed by atoms with Crippen LogP contribution in [0.15, 0.2) is 41.2 Å². The van der Waals surface area contributed by atoms with Crippen LogP contribution in [-0.2, 0) is 21.0 Å². The average Bonchev–Trinajstić information content (AvgIpc) is 3.15. The molecular weight excluding hydrogens is 454 g/mol. The highest BCUT2D eigenvalue weighted by Gasteiger charge is 2.65. The van der Waals surface area contributed by atoms with Crippen LogP contribution in [-0.4, -0.2) is 39.7 Å². The van der Waals surface area contributed by atoms with E-state index in [2.05, 4.69) is 35.4 Å². The summed E-state index contributed by atoms with van der Waals surface area (Å²) in [6.45, 7) is 6.41. The second-order valence-electron chi connectivity index (χ2n) is 11.9. The Bertz CT molecular complexity index is 1090. The number of hydrogen-bond donors (Lipinski definition) is 2. The van der Waals surface area contributed by atoms with E-state index in [1.165, 1.54) is 5.57 Å². The van der Waals surface area contributed by atoms with E-state index >= 15 is 0 Å². The molecule has 0 bridgehead atoms. The molecule has 0 aromatic carbocycles. The molecule has 0 radical (unpaired) electrons. The lowest BCUT2D eigenvalue weighted by Crippen LogP contribution is -2.57. The minimum Gasteiger partial charge on any atom is -0.385 e. The second-order valence-corrected chi connectivity index (χ2v) is 11.9. The molecular formula is C29H39N3O4. The number of carbonyl (C=O) groups is 2. The number of rotatable bonds is 6. The molecule has 2 N–H and O–H groups in total. The molecule has 1 amide bonds. The van der Waals surface area contributed by atoms with Crippen molar-refractivity contribution in [1.29, 1.82) is 0 Å². The van der Waals surface area contributed by atoms with Gasteiger partial charge in [0.2, 0.25) is 0 Å². The van der Waals surface area contributed by atoms with Gasteiger partial charge in [0.05, 0.1) is 18.0 Å². The predicted molar refractivity (Wildman–Crippen MR) is 137 cm³/mol. The van der Waals surface area contributed by atoms with Gasteiger partial charge in [0.1, 0.15) is 5.60 Å². The zero-order valence-electron chi connectivity index (χ0n) is 21.8. The summed E-state index contributed by atoms with van der Waals surface area (Å²) in [6.07, 6.45) is 11.4. The summed E-state index contributed by atoms with van der Waals surface area (Å²) in [4.78, 5) is 34.1. The molecule has 1 heterocycles. The van der Waals surface area contributed by atoms with Crippen LogP contribution in [0.25, 0.3) is 0 Å². The zero-order valence-corrected chi connectivity index (χ0v) is 21.8. The van der Waals surface area contributed by atoms with E-state index < -0.39 is 5.60 Å². The number of amides is 1. The lowest BCUT2D eigenvalue weighted by molar-refractivity contribution is -0.159. The van der Waals surface area contributed by atoms with Crippen molar-refractivity contribution in [3.63, 3.8) is 0 Å². The number of ketones is 1. The normalized spacial score (nSPS) is 38.4. The number of oxime groups is 1. The third-order valence-corrected chi connectivity index (χ3v) is 10.3. The lowest BCUT2D eigenvalue weighted by Gasteiger charge is -2.59. The first-order valence-electron chi connectivity index (χ1n) is 13.5. The Kier molecular flexibility index (Phi) is 6.56. The Labute approximate surface area is 213 Å². The van der Waals surface area contributed by atoms with Gasteiger partial charge in [-0.05, 0) is 99.7 Å². The van der Waals surface area contributed by atoms with Crippen molar-refractivity contribution in [2.45, 2.75) is 84.3 Å². The fourth-order valence-corrected chi connectivity index (χ4v) is 8.15. The number of fused-ring (bicyclic) bond motifs is 5. The predicted octanol–water partition coefficient (Wildman–Crippen LogP) is 4.35. The zero-order chi connectivity index (χ0) is 25.6. The molecule has 1 aromatic rings. The molecule has 0 aliphatic heterocycles. The third kappa shape index (κ3) is 4.09. The van der Waals surface area contributed by atoms with E-state index in [-0.39, 0.29) is 29.1 Å². The highest BCUT2D eigenvalue weighted by molar-refractivity contribution is 5.96. The highest BCUT2D eigenvalue weighted by Crippen LogP contribution is 2.67. The molecule has 4 aliphatic carbocycles. The SMILES string of the molecule is CC(=O)C1(O)CCC2C3CCC4=C/C(=N\OCC(=O)NCc5ccccn5)CCC4(C)C3CCC21C. The van der Waals surface area contributed by atoms with Gasteiger partial charge in [0.15, 0.2) is 12.4 Å². The maximum absolute atomic E-state index is 12.4. The first kappa shape index (κ1) is 25.1. The van der Waals surface area contributed by atoms with Crippen molar-refractivity contribution in [1.82, 2.24) is 10.3 Å². The van der Waals surface area contributed by atoms with Crippen molar-refractivity contribution in [3.8, 4) is 0 Å². The molecule has 0 saturated heterocycles. The van der Waals surface area contributed by atoms with Crippen LogP contribution in [0, 0.1) is 28.6 Å². The maximum atomic E-state index is 12.4. The van der Waals surface area contributed by atoms with Crippen molar-refractivity contribution < 1.29 is 19.5 Å². The van der Waals surface area contributed by atoms with Crippen molar-refractivity contribution in [3.05, 3.63) is 41.7 Å². The molecule has 1 aromatic heterocycles. The Balaban J connectivity index is 1.22. The summed E-state index contributed by atoms with van der Waals surface area (Å²) >= 11 is 0. The molecule has 7 nitrogen and oxygen atoms in total. The van der Waals surface area contributed by atoms with Crippen LogP contribution in [0.2, 0.25) is 0 Å². The maximum Gasteiger partial charge on any atom is 0.261 e. The van der Waals surface area contributed by atoms with Gasteiger partial charge in [-0.3, -0.25) is 14.6 Å². The Hall–Kier alpha value is -2.54. The van der Waals surface area contributed by atoms with E-state index in [1.54, 1.807) is 13.1 Å². The molecule has 6 unspecified atom stereocenters. The van der Waals surface area contributed by atoms with E-state index in [9.17, 15) is 14.7 Å². The number of pyridine rings is 1. The summed E-state index contributed by atoms with van der Waals surface area (Å²) < 4.78 is 0. The standard InChI is InChI=1S/C29H39N3O4/c1-19(33)29(35)14-11-25-23-8-7-20-16-21(9-12-27(20,2)24(23)10-13-28(25,29)3)32-36-18-26(34)31-17-22-6-4-5-15-30-22/h4-6,15-16,23-25,35H,7-14,17-18H2,1-3H3,(H,31,34)/b32-21-. The summed E-state index contributed by atoms with van der Waals surface area (Å²) in [6, 6.07) is 5.60. The molecule has 0 spiro atoms. The van der Waals surface area contributed by atoms with Crippen molar-refractivity contribution in [2.75, 3.05) is 6.61 Å². The van der Waals surface area contributed by atoms with Gasteiger partial charge in [-0.1, -0.05) is 30.6 Å². The van der Waals surface area contributed by atoms with Gasteiger partial charge in [-0.15, -0.1) is 0 Å². The quantitative estimate of drug-likeness (QED) is 0.574. The van der Waals surface area contributed by atoms with Crippen LogP contribution < -0.4 is 5.32 Å². The molecule has 3 saturated carbocycles. The minimum absolute atomic E-state index is 0.0579. The topological polar surface area (TPSA) is 101 Å². The number of nitrogens with one attached hydrogen (secondary N) is 1. The van der Waals surface area contributed by atoms with Gasteiger partial charge >= 0.3 is 0 Å². The van der Waals surface area contributed by atoms with Crippen LogP contribution in [0.1, 0.15) is 77.8 Å². The Morgan fingerprint density at radius 1 is 1.14 bits per heavy atom. The molecule has 7 heteroatoms. The Morgan fingerprint density at radius 2 is 1.94 bits per heavy atom. The average molecular weight is 494 g/mol. The van der Waals surface area contributed by atoms with Crippen molar-refractivity contribution in [2.24, 2.45) is 33.7 Å². The van der Waals surface area contributed by atoms with E-state index in [4.69, 9.17) is 4.84 Å². The number of hydrogen-bond acceptors (Lipinski definition) is 6. The monoisotopic (exact) mass is 493 g/mol. The number of aliphatic hydroxyl groups is 1. The number of aromatic nitrogens is 1. The number of allylic oxidation sites excluding steroid dienone is 2. The number of nitrogens with zero attached hydrogens (tertiary/aromatic N) is 2. The van der Waals surface area contributed by atoms with Gasteiger partial charge in [0, 0.05) is 11.6 Å². The van der Waals surface area contributed by atoms with Crippen LogP contribution in [0.5, 0.6) is 0 Å². The van der Waals surface area contributed by atoms with Crippen LogP contribution >= 0.6 is 0 Å². The summed E-state index contributed by atoms with van der Waals surface area (Å²) in [5.74, 6) is 1.26. The molecule has 6 atom stereocenters. The number of Topliss-reactive ketones (excluding diaryl/α,β-unsaturated/α-hetero) is 1. The molecule has 36 heavy (non-hydrogen) atoms. The van der Waals surface area contributed by atoms with E-state index in [0.717, 1.165) is 56.4 Å². The largest absolute Gasteiger partial charge is 0.385 e. The third-order valence-electron chi connectivity index (χ3n) is 10.3. The second kappa shape index (κ2) is 9.40. The smallest absolute Gasteiger partial charge is 0.261 e. The van der Waals surface area contributed by atoms with Crippen LogP contribution in [0.4, 0.5) is 0 Å². The first-order chi connectivity index (χ1) is 17.2. The first-order valence-corrected chi connectivity index (χ1v) is 13.5. The fourth-order valence-electron chi connectivity index (χ4n) is 8.15. The van der Waals surface area contributed by atoms with Crippen LogP contribution in [0.3, 0.4) is 0 Å². The molecule has 5 rings (SSSR count). The van der Waals surface area contributed by atoms with E-state index in [0.29, 0.717) is 30.7 Å². The number of carbonyl (C=O) groups excluding carboxylic acids is 2. The molecule has 4 aliphatic rings. The summed E-state index contributed by atoms with van der Waals surface area (Å²) in [5.41, 5.74) is 1.82. The van der Waals surface area contributed by atoms with Gasteiger partial charge < -0.3 is 15.3 Å². The van der Waals surface area contributed by atoms with Gasteiger partial charge in [-0.2, -0.15) is 0 Å². The lowest BCUT2D eigenvalue weighted by atomic mass is 9.46. The summed E-state index contributed by atoms with van der Waals surface area (Å²) in [7, 11) is 0.